The quantitative estimate of drug-likeness (QED) is 0.412. The lowest BCUT2D eigenvalue weighted by Gasteiger charge is -2.26. The van der Waals surface area contributed by atoms with Gasteiger partial charge in [0.1, 0.15) is 11.4 Å². The highest BCUT2D eigenvalue weighted by atomic mass is 35.5. The van der Waals surface area contributed by atoms with Gasteiger partial charge in [0.25, 0.3) is 11.8 Å². The summed E-state index contributed by atoms with van der Waals surface area (Å²) in [6.45, 7) is 0. The van der Waals surface area contributed by atoms with Crippen LogP contribution in [0.25, 0.3) is 6.08 Å². The van der Waals surface area contributed by atoms with Crippen LogP contribution in [0.3, 0.4) is 0 Å². The molecule has 32 heavy (non-hydrogen) atoms. The molecule has 0 atom stereocenters. The van der Waals surface area contributed by atoms with Crippen molar-refractivity contribution in [2.45, 2.75) is 6.42 Å². The molecule has 160 valence electrons. The lowest BCUT2D eigenvalue weighted by molar-refractivity contribution is -0.122. The topological polar surface area (TPSA) is 66.5 Å². The van der Waals surface area contributed by atoms with Crippen molar-refractivity contribution < 1.29 is 18.8 Å². The van der Waals surface area contributed by atoms with Crippen LogP contribution in [0.5, 0.6) is 0 Å². The molecule has 1 aliphatic heterocycles. The summed E-state index contributed by atoms with van der Waals surface area (Å²) < 4.78 is 14.2. The average Bonchev–Trinajstić information content (AvgIpc) is 2.75. The monoisotopic (exact) mass is 468 g/mol. The average molecular weight is 469 g/mol. The molecule has 0 saturated carbocycles. The third-order valence-corrected chi connectivity index (χ3v) is 5.42. The highest BCUT2D eigenvalue weighted by Gasteiger charge is 2.36. The fourth-order valence-corrected chi connectivity index (χ4v) is 3.65. The SMILES string of the molecule is O=C1NC(=O)N(c2ccc(Cl)cc2)C(=O)/C1=C/c1cc(Cl)ccc1Cc1ccccc1F. The standard InChI is InChI=1S/C24H15Cl2FN2O3/c25-17-7-9-19(10-8-17)29-23(31)20(22(30)28-24(29)32)13-16-12-18(26)6-5-14(16)11-15-3-1-2-4-21(15)27/h1-10,12-13H,11H2,(H,28,30,32)/b20-13+. The summed E-state index contributed by atoms with van der Waals surface area (Å²) in [5.41, 5.74) is 1.57. The molecule has 3 aromatic rings. The van der Waals surface area contributed by atoms with Crippen LogP contribution in [-0.4, -0.2) is 17.8 Å². The van der Waals surface area contributed by atoms with Gasteiger partial charge in [0, 0.05) is 16.5 Å². The number of amides is 4. The molecule has 0 radical (unpaired) electrons. The van der Waals surface area contributed by atoms with Crippen molar-refractivity contribution in [2.24, 2.45) is 0 Å². The van der Waals surface area contributed by atoms with E-state index >= 15 is 0 Å². The number of halogens is 3. The molecule has 0 aromatic heterocycles. The van der Waals surface area contributed by atoms with Gasteiger partial charge in [0.2, 0.25) is 0 Å². The fourth-order valence-electron chi connectivity index (χ4n) is 3.35. The molecule has 1 heterocycles. The van der Waals surface area contributed by atoms with Gasteiger partial charge in [-0.25, -0.2) is 14.1 Å². The molecule has 4 rings (SSSR count). The maximum absolute atomic E-state index is 14.2. The number of nitrogens with zero attached hydrogens (tertiary/aromatic N) is 1. The van der Waals surface area contributed by atoms with Crippen molar-refractivity contribution in [3.63, 3.8) is 0 Å². The smallest absolute Gasteiger partial charge is 0.273 e. The van der Waals surface area contributed by atoms with Crippen LogP contribution in [0.4, 0.5) is 14.9 Å². The van der Waals surface area contributed by atoms with E-state index in [4.69, 9.17) is 23.2 Å². The third kappa shape index (κ3) is 4.42. The number of imide groups is 2. The minimum Gasteiger partial charge on any atom is -0.273 e. The van der Waals surface area contributed by atoms with E-state index < -0.39 is 17.8 Å². The second-order valence-corrected chi connectivity index (χ2v) is 7.92. The summed E-state index contributed by atoms with van der Waals surface area (Å²) in [5, 5.41) is 2.98. The molecule has 0 spiro atoms. The van der Waals surface area contributed by atoms with Crippen LogP contribution in [-0.2, 0) is 16.0 Å². The number of rotatable bonds is 4. The molecule has 3 aromatic carbocycles. The zero-order chi connectivity index (χ0) is 22.8. The van der Waals surface area contributed by atoms with Crippen molar-refractivity contribution in [1.82, 2.24) is 5.32 Å². The number of hydrogen-bond acceptors (Lipinski definition) is 3. The van der Waals surface area contributed by atoms with E-state index in [1.54, 1.807) is 36.4 Å². The van der Waals surface area contributed by atoms with Crippen molar-refractivity contribution in [3.05, 3.63) is 105 Å². The van der Waals surface area contributed by atoms with Gasteiger partial charge in [0.05, 0.1) is 5.69 Å². The molecule has 1 aliphatic rings. The Labute approximate surface area is 193 Å². The van der Waals surface area contributed by atoms with Crippen LogP contribution in [0.15, 0.2) is 72.3 Å². The van der Waals surface area contributed by atoms with E-state index in [-0.39, 0.29) is 23.5 Å². The van der Waals surface area contributed by atoms with Crippen LogP contribution < -0.4 is 10.2 Å². The Bertz CT molecular complexity index is 1270. The lowest BCUT2D eigenvalue weighted by Crippen LogP contribution is -2.54. The van der Waals surface area contributed by atoms with E-state index in [9.17, 15) is 18.8 Å². The Morgan fingerprint density at radius 2 is 1.56 bits per heavy atom. The molecule has 8 heteroatoms. The largest absolute Gasteiger partial charge is 0.335 e. The Balaban J connectivity index is 1.75. The third-order valence-electron chi connectivity index (χ3n) is 4.93. The molecular weight excluding hydrogens is 454 g/mol. The lowest BCUT2D eigenvalue weighted by atomic mass is 9.97. The van der Waals surface area contributed by atoms with Gasteiger partial charge in [0.15, 0.2) is 0 Å². The normalized spacial score (nSPS) is 15.3. The number of urea groups is 1. The van der Waals surface area contributed by atoms with Gasteiger partial charge in [-0.15, -0.1) is 0 Å². The van der Waals surface area contributed by atoms with E-state index in [0.717, 1.165) is 4.90 Å². The van der Waals surface area contributed by atoms with Crippen LogP contribution in [0.2, 0.25) is 10.0 Å². The number of carbonyl (C=O) groups is 3. The first-order valence-electron chi connectivity index (χ1n) is 9.52. The van der Waals surface area contributed by atoms with E-state index in [1.807, 2.05) is 0 Å². The van der Waals surface area contributed by atoms with E-state index in [1.165, 1.54) is 36.4 Å². The molecule has 0 aliphatic carbocycles. The molecule has 0 bridgehead atoms. The first kappa shape index (κ1) is 21.7. The van der Waals surface area contributed by atoms with Crippen LogP contribution in [0, 0.1) is 5.82 Å². The number of benzene rings is 3. The van der Waals surface area contributed by atoms with Crippen LogP contribution >= 0.6 is 23.2 Å². The number of carbonyl (C=O) groups excluding carboxylic acids is 3. The maximum Gasteiger partial charge on any atom is 0.335 e. The molecule has 5 nitrogen and oxygen atoms in total. The highest BCUT2D eigenvalue weighted by molar-refractivity contribution is 6.39. The second kappa shape index (κ2) is 8.94. The molecule has 1 N–H and O–H groups in total. The van der Waals surface area contributed by atoms with Gasteiger partial charge < -0.3 is 0 Å². The molecule has 0 unspecified atom stereocenters. The molecule has 1 fully saturated rings. The Hall–Kier alpha value is -3.48. The molecular formula is C24H15Cl2FN2O3. The van der Waals surface area contributed by atoms with Gasteiger partial charge in [-0.2, -0.15) is 0 Å². The number of barbiturate groups is 1. The van der Waals surface area contributed by atoms with E-state index in [2.05, 4.69) is 5.32 Å². The van der Waals surface area contributed by atoms with Crippen molar-refractivity contribution in [2.75, 3.05) is 4.90 Å². The number of hydrogen-bond donors (Lipinski definition) is 1. The Morgan fingerprint density at radius 1 is 0.875 bits per heavy atom. The zero-order valence-corrected chi connectivity index (χ0v) is 18.0. The first-order valence-corrected chi connectivity index (χ1v) is 10.3. The number of nitrogens with one attached hydrogen (secondary N) is 1. The summed E-state index contributed by atoms with van der Waals surface area (Å²) in [6, 6.07) is 16.4. The minimum atomic E-state index is -0.864. The van der Waals surface area contributed by atoms with Crippen molar-refractivity contribution in [1.29, 1.82) is 0 Å². The number of anilines is 1. The minimum absolute atomic E-state index is 0.221. The Morgan fingerprint density at radius 3 is 2.28 bits per heavy atom. The summed E-state index contributed by atoms with van der Waals surface area (Å²) in [5.74, 6) is -1.99. The summed E-state index contributed by atoms with van der Waals surface area (Å²) in [4.78, 5) is 38.8. The van der Waals surface area contributed by atoms with Gasteiger partial charge >= 0.3 is 6.03 Å². The molecule has 4 amide bonds. The fraction of sp³-hybridized carbons (Fsp3) is 0.0417. The zero-order valence-electron chi connectivity index (χ0n) is 16.4. The molecule has 1 saturated heterocycles. The second-order valence-electron chi connectivity index (χ2n) is 7.05. The van der Waals surface area contributed by atoms with Crippen molar-refractivity contribution >= 4 is 52.8 Å². The van der Waals surface area contributed by atoms with E-state index in [0.29, 0.717) is 26.7 Å². The maximum atomic E-state index is 14.2. The first-order chi connectivity index (χ1) is 15.3. The highest BCUT2D eigenvalue weighted by Crippen LogP contribution is 2.26. The predicted molar refractivity (Wildman–Crippen MR) is 121 cm³/mol. The Kier molecular flexibility index (Phi) is 6.08. The van der Waals surface area contributed by atoms with Gasteiger partial charge in [-0.3, -0.25) is 14.9 Å². The summed E-state index contributed by atoms with van der Waals surface area (Å²) >= 11 is 12.0. The van der Waals surface area contributed by atoms with Crippen molar-refractivity contribution in [3.8, 4) is 0 Å². The predicted octanol–water partition coefficient (Wildman–Crippen LogP) is 5.39. The van der Waals surface area contributed by atoms with Gasteiger partial charge in [-0.05, 0) is 65.2 Å². The summed E-state index contributed by atoms with van der Waals surface area (Å²) in [7, 11) is 0. The summed E-state index contributed by atoms with van der Waals surface area (Å²) in [6.07, 6.45) is 1.58. The van der Waals surface area contributed by atoms with Crippen LogP contribution in [0.1, 0.15) is 16.7 Å². The van der Waals surface area contributed by atoms with Gasteiger partial charge in [-0.1, -0.05) is 47.5 Å².